The average Bonchev–Trinajstić information content (AvgIpc) is 3.78. The number of hydrogen-bond acceptors (Lipinski definition) is 5. The molecule has 0 bridgehead atoms. The Hall–Kier alpha value is -7.11. The van der Waals surface area contributed by atoms with E-state index < -0.39 is 0 Å². The molecule has 5 nitrogen and oxygen atoms in total. The topological polar surface area (TPSA) is 65.0 Å². The van der Waals surface area contributed by atoms with Crippen LogP contribution in [0, 0.1) is 0 Å². The quantitative estimate of drug-likeness (QED) is 0.187. The molecule has 3 heterocycles. The summed E-state index contributed by atoms with van der Waals surface area (Å²) in [5.74, 6) is 1.81. The van der Waals surface area contributed by atoms with Gasteiger partial charge in [0.25, 0.3) is 0 Å². The Bertz CT molecular complexity index is 3110. The van der Waals surface area contributed by atoms with E-state index in [9.17, 15) is 0 Å². The second-order valence-electron chi connectivity index (χ2n) is 13.2. The zero-order valence-corrected chi connectivity index (χ0v) is 27.7. The van der Waals surface area contributed by atoms with Gasteiger partial charge in [-0.05, 0) is 75.1 Å². The van der Waals surface area contributed by atoms with E-state index in [-0.39, 0.29) is 0 Å². The number of para-hydroxylation sites is 1. The maximum Gasteiger partial charge on any atom is 0.164 e. The van der Waals surface area contributed by atoms with E-state index >= 15 is 0 Å². The van der Waals surface area contributed by atoms with Crippen molar-refractivity contribution in [2.45, 2.75) is 0 Å². The molecule has 8 aromatic carbocycles. The number of hydrogen-bond donors (Lipinski definition) is 0. The fraction of sp³-hybridized carbons (Fsp3) is 0. The molecule has 0 saturated carbocycles. The minimum absolute atomic E-state index is 0.584. The Balaban J connectivity index is 1.16. The number of rotatable bonds is 4. The van der Waals surface area contributed by atoms with Crippen LogP contribution in [0.3, 0.4) is 0 Å². The number of aromatic nitrogens is 3. The molecule has 11 aromatic rings. The lowest BCUT2D eigenvalue weighted by Gasteiger charge is -2.11. The summed E-state index contributed by atoms with van der Waals surface area (Å²) in [7, 11) is 0. The molecule has 11 rings (SSSR count). The highest BCUT2D eigenvalue weighted by atomic mass is 16.3. The van der Waals surface area contributed by atoms with Crippen molar-refractivity contribution in [1.29, 1.82) is 0 Å². The van der Waals surface area contributed by atoms with Crippen LogP contribution in [0.4, 0.5) is 0 Å². The first-order valence-electron chi connectivity index (χ1n) is 17.3. The highest BCUT2D eigenvalue weighted by Gasteiger charge is 2.21. The SMILES string of the molecule is c1ccc2cc(-c3nc(-c4ccc5ccccc5c4)nc(-c4cccc5oc6cccc(-c7ccc8oc9ccccc9c8c7)c6c45)n3)ccc2c1. The van der Waals surface area contributed by atoms with Crippen molar-refractivity contribution in [1.82, 2.24) is 15.0 Å². The largest absolute Gasteiger partial charge is 0.456 e. The minimum atomic E-state index is 0.584. The molecule has 0 radical (unpaired) electrons. The first kappa shape index (κ1) is 28.7. The van der Waals surface area contributed by atoms with Crippen LogP contribution in [0.2, 0.25) is 0 Å². The van der Waals surface area contributed by atoms with Gasteiger partial charge in [-0.2, -0.15) is 0 Å². The van der Waals surface area contributed by atoms with Gasteiger partial charge in [-0.25, -0.2) is 15.0 Å². The molecule has 0 fully saturated rings. The highest BCUT2D eigenvalue weighted by molar-refractivity contribution is 6.18. The minimum Gasteiger partial charge on any atom is -0.456 e. The Kier molecular flexibility index (Phi) is 6.18. The summed E-state index contributed by atoms with van der Waals surface area (Å²) in [6.07, 6.45) is 0. The van der Waals surface area contributed by atoms with E-state index in [1.807, 2.05) is 36.4 Å². The Morgan fingerprint density at radius 2 is 0.808 bits per heavy atom. The molecule has 5 heteroatoms. The number of fused-ring (bicyclic) bond motifs is 8. The molecule has 242 valence electrons. The molecule has 52 heavy (non-hydrogen) atoms. The standard InChI is InChI=1S/C47H27N3O2/c1-3-11-30-25-33(21-19-28(30)9-1)45-48-46(34-22-20-29-10-2-4-12-31(29)26-34)50-47(49-45)37-15-8-18-42-44(37)43-35(14-7-17-41(43)52-42)32-23-24-40-38(27-32)36-13-5-6-16-39(36)51-40/h1-27H. The van der Waals surface area contributed by atoms with Crippen molar-refractivity contribution >= 4 is 65.4 Å². The van der Waals surface area contributed by atoms with E-state index in [2.05, 4.69) is 127 Å². The smallest absolute Gasteiger partial charge is 0.164 e. The molecule has 0 saturated heterocycles. The lowest BCUT2D eigenvalue weighted by atomic mass is 9.96. The van der Waals surface area contributed by atoms with Crippen molar-refractivity contribution in [2.75, 3.05) is 0 Å². The lowest BCUT2D eigenvalue weighted by molar-refractivity contribution is 0.669. The molecular weight excluding hydrogens is 639 g/mol. The van der Waals surface area contributed by atoms with Crippen LogP contribution < -0.4 is 0 Å². The second-order valence-corrected chi connectivity index (χ2v) is 13.2. The Morgan fingerprint density at radius 3 is 1.50 bits per heavy atom. The van der Waals surface area contributed by atoms with Crippen LogP contribution in [-0.4, -0.2) is 15.0 Å². The van der Waals surface area contributed by atoms with Gasteiger partial charge >= 0.3 is 0 Å². The van der Waals surface area contributed by atoms with Gasteiger partial charge in [-0.3, -0.25) is 0 Å². The van der Waals surface area contributed by atoms with Crippen molar-refractivity contribution in [2.24, 2.45) is 0 Å². The predicted molar refractivity (Wildman–Crippen MR) is 211 cm³/mol. The highest BCUT2D eigenvalue weighted by Crippen LogP contribution is 2.42. The molecule has 0 spiro atoms. The van der Waals surface area contributed by atoms with Crippen molar-refractivity contribution in [3.63, 3.8) is 0 Å². The van der Waals surface area contributed by atoms with Crippen LogP contribution in [0.25, 0.3) is 111 Å². The number of nitrogens with zero attached hydrogens (tertiary/aromatic N) is 3. The van der Waals surface area contributed by atoms with E-state index in [1.54, 1.807) is 0 Å². The fourth-order valence-corrected chi connectivity index (χ4v) is 7.60. The number of furan rings is 2. The van der Waals surface area contributed by atoms with Crippen LogP contribution in [0.15, 0.2) is 173 Å². The number of benzene rings is 8. The van der Waals surface area contributed by atoms with Gasteiger partial charge in [0.1, 0.15) is 22.3 Å². The lowest BCUT2D eigenvalue weighted by Crippen LogP contribution is -2.00. The Labute approximate surface area is 297 Å². The summed E-state index contributed by atoms with van der Waals surface area (Å²) < 4.78 is 12.7. The van der Waals surface area contributed by atoms with Crippen LogP contribution >= 0.6 is 0 Å². The second kappa shape index (κ2) is 11.2. The van der Waals surface area contributed by atoms with Gasteiger partial charge in [-0.15, -0.1) is 0 Å². The molecule has 3 aromatic heterocycles. The zero-order valence-electron chi connectivity index (χ0n) is 27.7. The van der Waals surface area contributed by atoms with Gasteiger partial charge in [0.05, 0.1) is 0 Å². The van der Waals surface area contributed by atoms with Crippen molar-refractivity contribution in [3.05, 3.63) is 164 Å². The third kappa shape index (κ3) is 4.53. The molecular formula is C47H27N3O2. The van der Waals surface area contributed by atoms with Gasteiger partial charge in [0, 0.05) is 38.2 Å². The van der Waals surface area contributed by atoms with E-state index in [4.69, 9.17) is 23.8 Å². The zero-order chi connectivity index (χ0) is 34.2. The summed E-state index contributed by atoms with van der Waals surface area (Å²) in [5.41, 5.74) is 8.19. The summed E-state index contributed by atoms with van der Waals surface area (Å²) in [4.78, 5) is 15.5. The van der Waals surface area contributed by atoms with E-state index in [1.165, 1.54) is 10.8 Å². The normalized spacial score (nSPS) is 11.8. The van der Waals surface area contributed by atoms with Crippen LogP contribution in [-0.2, 0) is 0 Å². The third-order valence-electron chi connectivity index (χ3n) is 10.1. The van der Waals surface area contributed by atoms with Gasteiger partial charge in [0.15, 0.2) is 17.5 Å². The van der Waals surface area contributed by atoms with E-state index in [0.717, 1.165) is 82.5 Å². The predicted octanol–water partition coefficient (Wildman–Crippen LogP) is 12.6. The molecule has 0 aliphatic carbocycles. The van der Waals surface area contributed by atoms with Gasteiger partial charge in [0.2, 0.25) is 0 Å². The van der Waals surface area contributed by atoms with Crippen molar-refractivity contribution < 1.29 is 8.83 Å². The maximum absolute atomic E-state index is 6.56. The maximum atomic E-state index is 6.56. The first-order chi connectivity index (χ1) is 25.7. The molecule has 0 unspecified atom stereocenters. The summed E-state index contributed by atoms with van der Waals surface area (Å²) in [6, 6.07) is 56.4. The average molecular weight is 666 g/mol. The molecule has 0 aliphatic heterocycles. The first-order valence-corrected chi connectivity index (χ1v) is 17.3. The van der Waals surface area contributed by atoms with Gasteiger partial charge < -0.3 is 8.83 Å². The van der Waals surface area contributed by atoms with Crippen LogP contribution in [0.1, 0.15) is 0 Å². The van der Waals surface area contributed by atoms with Gasteiger partial charge in [-0.1, -0.05) is 121 Å². The monoisotopic (exact) mass is 665 g/mol. The fourth-order valence-electron chi connectivity index (χ4n) is 7.60. The van der Waals surface area contributed by atoms with Crippen molar-refractivity contribution in [3.8, 4) is 45.3 Å². The molecule has 0 aliphatic rings. The molecule has 0 N–H and O–H groups in total. The summed E-state index contributed by atoms with van der Waals surface area (Å²) in [6.45, 7) is 0. The molecule has 0 amide bonds. The third-order valence-corrected chi connectivity index (χ3v) is 10.1. The summed E-state index contributed by atoms with van der Waals surface area (Å²) in [5, 5.41) is 8.74. The van der Waals surface area contributed by atoms with Crippen LogP contribution in [0.5, 0.6) is 0 Å². The molecule has 0 atom stereocenters. The summed E-state index contributed by atoms with van der Waals surface area (Å²) >= 11 is 0. The Morgan fingerprint density at radius 1 is 0.308 bits per heavy atom. The van der Waals surface area contributed by atoms with E-state index in [0.29, 0.717) is 17.5 Å².